The van der Waals surface area contributed by atoms with Gasteiger partial charge in [0.05, 0.1) is 22.6 Å². The van der Waals surface area contributed by atoms with E-state index in [4.69, 9.17) is 14.5 Å². The number of anilines is 1. The first-order valence-corrected chi connectivity index (χ1v) is 18.1. The smallest absolute Gasteiger partial charge is 0.269 e. The zero-order chi connectivity index (χ0) is 35.6. The van der Waals surface area contributed by atoms with Gasteiger partial charge in [0.1, 0.15) is 6.61 Å². The lowest BCUT2D eigenvalue weighted by molar-refractivity contribution is -0.384. The molecule has 260 valence electrons. The number of nitrogens with zero attached hydrogens (tertiary/aromatic N) is 3. The molecule has 0 bridgehead atoms. The number of non-ortho nitro benzene ring substituents is 1. The van der Waals surface area contributed by atoms with Crippen LogP contribution in [0.4, 0.5) is 17.1 Å². The van der Waals surface area contributed by atoms with Crippen LogP contribution in [0.3, 0.4) is 0 Å². The van der Waals surface area contributed by atoms with E-state index in [2.05, 4.69) is 83.0 Å². The summed E-state index contributed by atoms with van der Waals surface area (Å²) in [6, 6.07) is 37.6. The zero-order valence-electron chi connectivity index (χ0n) is 28.5. The third-order valence-electron chi connectivity index (χ3n) is 9.91. The maximum Gasteiger partial charge on any atom is 0.269 e. The number of nitrogens with one attached hydrogen (secondary N) is 1. The second-order valence-corrected chi connectivity index (χ2v) is 14.1. The molecular weight excluding hydrogens is 673 g/mol. The predicted molar refractivity (Wildman–Crippen MR) is 206 cm³/mol. The summed E-state index contributed by atoms with van der Waals surface area (Å²) in [6.07, 6.45) is 3.89. The van der Waals surface area contributed by atoms with Crippen LogP contribution in [0.1, 0.15) is 58.1 Å². The second kappa shape index (κ2) is 14.4. The number of ether oxygens (including phenoxy) is 2. The minimum absolute atomic E-state index is 0.0259. The van der Waals surface area contributed by atoms with Crippen molar-refractivity contribution in [3.63, 3.8) is 0 Å². The number of hydrogen-bond acceptors (Lipinski definition) is 8. The van der Waals surface area contributed by atoms with Crippen LogP contribution in [-0.4, -0.2) is 36.2 Å². The van der Waals surface area contributed by atoms with Crippen molar-refractivity contribution in [3.8, 4) is 11.5 Å². The Labute approximate surface area is 306 Å². The predicted octanol–water partition coefficient (Wildman–Crippen LogP) is 8.95. The van der Waals surface area contributed by atoms with Crippen LogP contribution in [0, 0.1) is 10.1 Å². The molecular formula is C42H36N4O5S. The summed E-state index contributed by atoms with van der Waals surface area (Å²) in [5.74, 6) is 1.34. The molecule has 10 heteroatoms. The molecule has 1 amide bonds. The fraction of sp³-hybridized carbons (Fsp3) is 0.190. The Hall–Kier alpha value is -5.87. The molecule has 3 aliphatic rings. The van der Waals surface area contributed by atoms with Gasteiger partial charge in [0.25, 0.3) is 11.6 Å². The van der Waals surface area contributed by atoms with Gasteiger partial charge >= 0.3 is 0 Å². The molecule has 9 nitrogen and oxygen atoms in total. The van der Waals surface area contributed by atoms with Crippen LogP contribution >= 0.6 is 11.8 Å². The van der Waals surface area contributed by atoms with Gasteiger partial charge in [-0.3, -0.25) is 14.9 Å². The maximum atomic E-state index is 13.2. The molecule has 1 N–H and O–H groups in total. The van der Waals surface area contributed by atoms with Gasteiger partial charge in [0, 0.05) is 42.7 Å². The van der Waals surface area contributed by atoms with Crippen LogP contribution in [0.2, 0.25) is 0 Å². The van der Waals surface area contributed by atoms with Crippen LogP contribution in [0.25, 0.3) is 6.08 Å². The van der Waals surface area contributed by atoms with Gasteiger partial charge in [-0.05, 0) is 100 Å². The number of thioether (sulfide) groups is 1. The third kappa shape index (κ3) is 6.77. The Morgan fingerprint density at radius 2 is 1.50 bits per heavy atom. The van der Waals surface area contributed by atoms with Gasteiger partial charge in [-0.2, -0.15) is 0 Å². The number of hydrogen-bond donors (Lipinski definition) is 1. The summed E-state index contributed by atoms with van der Waals surface area (Å²) < 4.78 is 11.6. The fourth-order valence-corrected chi connectivity index (χ4v) is 8.26. The van der Waals surface area contributed by atoms with E-state index >= 15 is 0 Å². The van der Waals surface area contributed by atoms with Crippen molar-refractivity contribution in [3.05, 3.63) is 164 Å². The Bertz CT molecular complexity index is 2130. The van der Waals surface area contributed by atoms with Gasteiger partial charge in [-0.15, -0.1) is 0 Å². The standard InChI is InChI=1S/C42H36N4O5S/c1-50-38-22-28(14-17-37(38)51-26-27-12-15-32(16-13-27)46(48)49)23-39-41(47)44-42(52-39)43-31-24-35-33(29-8-4-2-5-9-29)18-20-45-21-19-34(36(25-31)40(35)45)30-10-6-3-7-11-30/h2-17,22-25,33-34H,18-21,26H2,1H3,(H,43,44,47)/b39-23-/t33-,34+. The first-order valence-electron chi connectivity index (χ1n) is 17.3. The van der Waals surface area contributed by atoms with E-state index in [-0.39, 0.29) is 30.0 Å². The zero-order valence-corrected chi connectivity index (χ0v) is 29.3. The Kier molecular flexibility index (Phi) is 9.22. The number of carbonyl (C=O) groups excluding carboxylic acids is 1. The average Bonchev–Trinajstić information content (AvgIpc) is 3.52. The third-order valence-corrected chi connectivity index (χ3v) is 10.8. The lowest BCUT2D eigenvalue weighted by atomic mass is 9.76. The number of methoxy groups -OCH3 is 1. The van der Waals surface area contributed by atoms with Crippen LogP contribution in [0.5, 0.6) is 11.5 Å². The number of nitro groups is 1. The normalized spacial score (nSPS) is 19.3. The van der Waals surface area contributed by atoms with Crippen LogP contribution in [0.15, 0.2) is 125 Å². The van der Waals surface area contributed by atoms with Crippen LogP contribution in [-0.2, 0) is 11.4 Å². The van der Waals surface area contributed by atoms with Gasteiger partial charge in [0.2, 0.25) is 0 Å². The molecule has 0 radical (unpaired) electrons. The average molecular weight is 709 g/mol. The molecule has 5 aromatic rings. The quantitative estimate of drug-likeness (QED) is 0.0926. The first kappa shape index (κ1) is 33.3. The SMILES string of the molecule is COc1cc(/C=C2\SC(=Nc3cc4c5c(c3)[C@H](c3ccccc3)CCN5CC[C@@H]4c3ccccc3)NC2=O)ccc1OCc1ccc([N+](=O)[O-])cc1. The van der Waals surface area contributed by atoms with E-state index in [1.165, 1.54) is 51.8 Å². The highest BCUT2D eigenvalue weighted by molar-refractivity contribution is 8.18. The molecule has 5 aromatic carbocycles. The number of carbonyl (C=O) groups is 1. The molecule has 1 fully saturated rings. The summed E-state index contributed by atoms with van der Waals surface area (Å²) in [6.45, 7) is 2.26. The van der Waals surface area contributed by atoms with E-state index in [1.807, 2.05) is 18.2 Å². The molecule has 52 heavy (non-hydrogen) atoms. The molecule has 2 atom stereocenters. The number of benzene rings is 5. The van der Waals surface area contributed by atoms with Crippen molar-refractivity contribution in [1.82, 2.24) is 5.32 Å². The monoisotopic (exact) mass is 708 g/mol. The largest absolute Gasteiger partial charge is 0.493 e. The van der Waals surface area contributed by atoms with E-state index in [0.717, 1.165) is 42.7 Å². The van der Waals surface area contributed by atoms with Crippen molar-refractivity contribution in [2.24, 2.45) is 4.99 Å². The van der Waals surface area contributed by atoms with Crippen molar-refractivity contribution >= 4 is 46.0 Å². The number of amidine groups is 1. The number of aliphatic imine (C=N–C) groups is 1. The summed E-state index contributed by atoms with van der Waals surface area (Å²) in [7, 11) is 1.56. The van der Waals surface area contributed by atoms with E-state index in [9.17, 15) is 14.9 Å². The maximum absolute atomic E-state index is 13.2. The number of amides is 1. The van der Waals surface area contributed by atoms with Gasteiger partial charge in [-0.1, -0.05) is 66.7 Å². The highest BCUT2D eigenvalue weighted by Gasteiger charge is 2.35. The minimum atomic E-state index is -0.432. The summed E-state index contributed by atoms with van der Waals surface area (Å²) in [5.41, 5.74) is 8.96. The molecule has 1 saturated heterocycles. The molecule has 8 rings (SSSR count). The molecule has 0 aliphatic carbocycles. The van der Waals surface area contributed by atoms with Crippen molar-refractivity contribution in [2.45, 2.75) is 31.3 Å². The van der Waals surface area contributed by atoms with E-state index in [0.29, 0.717) is 21.6 Å². The van der Waals surface area contributed by atoms with Gasteiger partial charge < -0.3 is 19.7 Å². The van der Waals surface area contributed by atoms with Gasteiger partial charge in [0.15, 0.2) is 16.7 Å². The first-order chi connectivity index (χ1) is 25.4. The highest BCUT2D eigenvalue weighted by atomic mass is 32.2. The van der Waals surface area contributed by atoms with Crippen molar-refractivity contribution in [2.75, 3.05) is 25.1 Å². The molecule has 3 heterocycles. The summed E-state index contributed by atoms with van der Waals surface area (Å²) in [5, 5.41) is 14.5. The number of nitro benzene ring substituents is 1. The molecule has 0 unspecified atom stereocenters. The Morgan fingerprint density at radius 3 is 2.10 bits per heavy atom. The molecule has 0 saturated carbocycles. The van der Waals surface area contributed by atoms with Gasteiger partial charge in [-0.25, -0.2) is 4.99 Å². The molecule has 0 aromatic heterocycles. The lowest BCUT2D eigenvalue weighted by Crippen LogP contribution is -2.37. The highest BCUT2D eigenvalue weighted by Crippen LogP contribution is 2.50. The van der Waals surface area contributed by atoms with Crippen LogP contribution < -0.4 is 19.7 Å². The number of rotatable bonds is 9. The lowest BCUT2D eigenvalue weighted by Gasteiger charge is -2.43. The molecule has 3 aliphatic heterocycles. The Balaban J connectivity index is 1.07. The topological polar surface area (TPSA) is 106 Å². The minimum Gasteiger partial charge on any atom is -0.493 e. The Morgan fingerprint density at radius 1 is 0.865 bits per heavy atom. The summed E-state index contributed by atoms with van der Waals surface area (Å²) in [4.78, 5) is 31.9. The fourth-order valence-electron chi connectivity index (χ4n) is 7.42. The van der Waals surface area contributed by atoms with E-state index < -0.39 is 4.92 Å². The molecule has 0 spiro atoms. The van der Waals surface area contributed by atoms with Crippen molar-refractivity contribution < 1.29 is 19.2 Å². The summed E-state index contributed by atoms with van der Waals surface area (Å²) >= 11 is 1.32. The van der Waals surface area contributed by atoms with E-state index in [1.54, 1.807) is 25.3 Å². The van der Waals surface area contributed by atoms with Crippen molar-refractivity contribution in [1.29, 1.82) is 0 Å². The second-order valence-electron chi connectivity index (χ2n) is 13.1.